The van der Waals surface area contributed by atoms with Crippen LogP contribution in [0.5, 0.6) is 5.75 Å². The average molecular weight is 391 g/mol. The summed E-state index contributed by atoms with van der Waals surface area (Å²) in [6.45, 7) is 1.91. The molecule has 1 heterocycles. The Hall–Kier alpha value is -4.20. The maximum atomic E-state index is 12.0. The standard InChI is InChI=1S/C21H17N3O5/c1-14-8-10-16(11-9-14)23-19(25)20(26)24-22-13-15-5-2-3-6-17(15)29-21(27)18-7-4-12-28-18/h2-13H,1H3,(H,23,25)(H,24,26). The van der Waals surface area contributed by atoms with E-state index >= 15 is 0 Å². The number of nitrogens with one attached hydrogen (secondary N) is 2. The molecule has 0 aliphatic heterocycles. The first-order valence-electron chi connectivity index (χ1n) is 8.58. The van der Waals surface area contributed by atoms with Crippen LogP contribution in [0.15, 0.2) is 76.4 Å². The van der Waals surface area contributed by atoms with Gasteiger partial charge in [-0.1, -0.05) is 29.8 Å². The molecule has 0 atom stereocenters. The predicted octanol–water partition coefficient (Wildman–Crippen LogP) is 2.90. The van der Waals surface area contributed by atoms with E-state index in [-0.39, 0.29) is 11.5 Å². The number of esters is 1. The number of rotatable bonds is 5. The van der Waals surface area contributed by atoms with Crippen molar-refractivity contribution in [3.63, 3.8) is 0 Å². The van der Waals surface area contributed by atoms with Gasteiger partial charge in [-0.25, -0.2) is 10.2 Å². The summed E-state index contributed by atoms with van der Waals surface area (Å²) in [4.78, 5) is 35.8. The lowest BCUT2D eigenvalue weighted by Gasteiger charge is -2.06. The zero-order chi connectivity index (χ0) is 20.6. The zero-order valence-electron chi connectivity index (χ0n) is 15.4. The van der Waals surface area contributed by atoms with Crippen molar-refractivity contribution >= 4 is 29.7 Å². The van der Waals surface area contributed by atoms with Crippen molar-refractivity contribution in [1.82, 2.24) is 5.43 Å². The van der Waals surface area contributed by atoms with E-state index in [2.05, 4.69) is 15.8 Å². The summed E-state index contributed by atoms with van der Waals surface area (Å²) in [5, 5.41) is 6.21. The van der Waals surface area contributed by atoms with Gasteiger partial charge in [0.1, 0.15) is 5.75 Å². The van der Waals surface area contributed by atoms with Gasteiger partial charge >= 0.3 is 17.8 Å². The number of furan rings is 1. The number of benzene rings is 2. The van der Waals surface area contributed by atoms with Crippen LogP contribution in [0.4, 0.5) is 5.69 Å². The lowest BCUT2D eigenvalue weighted by atomic mass is 10.2. The van der Waals surface area contributed by atoms with E-state index in [4.69, 9.17) is 9.15 Å². The minimum Gasteiger partial charge on any atom is -0.457 e. The van der Waals surface area contributed by atoms with Gasteiger partial charge in [0.15, 0.2) is 0 Å². The molecular weight excluding hydrogens is 374 g/mol. The first-order chi connectivity index (χ1) is 14.0. The Morgan fingerprint density at radius 3 is 2.45 bits per heavy atom. The number of ether oxygens (including phenoxy) is 1. The number of carbonyl (C=O) groups excluding carboxylic acids is 3. The van der Waals surface area contributed by atoms with Gasteiger partial charge in [-0.3, -0.25) is 9.59 Å². The van der Waals surface area contributed by atoms with Crippen LogP contribution in [0.25, 0.3) is 0 Å². The molecule has 0 saturated heterocycles. The molecule has 0 bridgehead atoms. The molecule has 8 heteroatoms. The van der Waals surface area contributed by atoms with Crippen LogP contribution in [-0.4, -0.2) is 24.0 Å². The predicted molar refractivity (Wildman–Crippen MR) is 106 cm³/mol. The summed E-state index contributed by atoms with van der Waals surface area (Å²) in [5.74, 6) is -2.19. The summed E-state index contributed by atoms with van der Waals surface area (Å²) in [6, 6.07) is 16.6. The van der Waals surface area contributed by atoms with E-state index in [1.807, 2.05) is 19.1 Å². The zero-order valence-corrected chi connectivity index (χ0v) is 15.4. The van der Waals surface area contributed by atoms with Crippen LogP contribution >= 0.6 is 0 Å². The van der Waals surface area contributed by atoms with E-state index in [0.717, 1.165) is 5.56 Å². The van der Waals surface area contributed by atoms with Crippen molar-refractivity contribution in [3.05, 3.63) is 83.8 Å². The maximum absolute atomic E-state index is 12.0. The van der Waals surface area contributed by atoms with Crippen LogP contribution in [0.3, 0.4) is 0 Å². The number of aryl methyl sites for hydroxylation is 1. The van der Waals surface area contributed by atoms with E-state index < -0.39 is 17.8 Å². The molecule has 0 aliphatic rings. The lowest BCUT2D eigenvalue weighted by Crippen LogP contribution is -2.32. The molecule has 0 fully saturated rings. The van der Waals surface area contributed by atoms with Gasteiger partial charge < -0.3 is 14.5 Å². The number of anilines is 1. The number of nitrogens with zero attached hydrogens (tertiary/aromatic N) is 1. The Morgan fingerprint density at radius 2 is 1.72 bits per heavy atom. The Morgan fingerprint density at radius 1 is 0.966 bits per heavy atom. The van der Waals surface area contributed by atoms with Gasteiger partial charge in [-0.05, 0) is 43.3 Å². The maximum Gasteiger partial charge on any atom is 0.379 e. The second-order valence-electron chi connectivity index (χ2n) is 5.92. The minimum atomic E-state index is -0.938. The Labute approximate surface area is 166 Å². The van der Waals surface area contributed by atoms with Crippen LogP contribution in [0.1, 0.15) is 21.7 Å². The fraction of sp³-hybridized carbons (Fsp3) is 0.0476. The molecule has 146 valence electrons. The Balaban J connectivity index is 1.59. The number of hydrazone groups is 1. The molecule has 1 aromatic heterocycles. The van der Waals surface area contributed by atoms with Crippen molar-refractivity contribution in [1.29, 1.82) is 0 Å². The molecule has 29 heavy (non-hydrogen) atoms. The quantitative estimate of drug-likeness (QED) is 0.228. The van der Waals surface area contributed by atoms with Crippen molar-refractivity contribution in [2.24, 2.45) is 5.10 Å². The van der Waals surface area contributed by atoms with Gasteiger partial charge in [-0.15, -0.1) is 0 Å². The smallest absolute Gasteiger partial charge is 0.379 e. The van der Waals surface area contributed by atoms with E-state index in [1.165, 1.54) is 18.5 Å². The molecule has 0 spiro atoms. The first kappa shape index (κ1) is 19.6. The third-order valence-corrected chi connectivity index (χ3v) is 3.73. The molecule has 0 saturated carbocycles. The van der Waals surface area contributed by atoms with Crippen LogP contribution < -0.4 is 15.5 Å². The molecule has 0 radical (unpaired) electrons. The van der Waals surface area contributed by atoms with Crippen LogP contribution in [-0.2, 0) is 9.59 Å². The van der Waals surface area contributed by atoms with Crippen molar-refractivity contribution < 1.29 is 23.5 Å². The first-order valence-corrected chi connectivity index (χ1v) is 8.58. The highest BCUT2D eigenvalue weighted by atomic mass is 16.5. The third-order valence-electron chi connectivity index (χ3n) is 3.73. The monoisotopic (exact) mass is 391 g/mol. The summed E-state index contributed by atoms with van der Waals surface area (Å²) < 4.78 is 10.3. The summed E-state index contributed by atoms with van der Waals surface area (Å²) >= 11 is 0. The number of hydrogen-bond acceptors (Lipinski definition) is 6. The van der Waals surface area contributed by atoms with E-state index in [0.29, 0.717) is 11.3 Å². The molecule has 3 aromatic rings. The van der Waals surface area contributed by atoms with Crippen molar-refractivity contribution in [3.8, 4) is 5.75 Å². The Kier molecular flexibility index (Phi) is 6.16. The number of carbonyl (C=O) groups is 3. The summed E-state index contributed by atoms with van der Waals surface area (Å²) in [6.07, 6.45) is 2.63. The lowest BCUT2D eigenvalue weighted by molar-refractivity contribution is -0.136. The topological polar surface area (TPSA) is 110 Å². The van der Waals surface area contributed by atoms with E-state index in [1.54, 1.807) is 42.5 Å². The van der Waals surface area contributed by atoms with Gasteiger partial charge in [0.2, 0.25) is 5.76 Å². The van der Waals surface area contributed by atoms with Gasteiger partial charge in [0, 0.05) is 11.3 Å². The number of amides is 2. The van der Waals surface area contributed by atoms with E-state index in [9.17, 15) is 14.4 Å². The molecule has 8 nitrogen and oxygen atoms in total. The minimum absolute atomic E-state index is 0.0535. The molecule has 0 aliphatic carbocycles. The fourth-order valence-corrected chi connectivity index (χ4v) is 2.26. The molecule has 2 aromatic carbocycles. The molecular formula is C21H17N3O5. The molecule has 2 N–H and O–H groups in total. The number of hydrogen-bond donors (Lipinski definition) is 2. The number of para-hydroxylation sites is 1. The SMILES string of the molecule is Cc1ccc(NC(=O)C(=O)NN=Cc2ccccc2OC(=O)c2ccco2)cc1. The highest BCUT2D eigenvalue weighted by molar-refractivity contribution is 6.39. The van der Waals surface area contributed by atoms with Crippen LogP contribution in [0.2, 0.25) is 0 Å². The fourth-order valence-electron chi connectivity index (χ4n) is 2.26. The Bertz CT molecular complexity index is 1040. The van der Waals surface area contributed by atoms with Crippen molar-refractivity contribution in [2.75, 3.05) is 5.32 Å². The molecule has 0 unspecified atom stereocenters. The highest BCUT2D eigenvalue weighted by Gasteiger charge is 2.14. The second kappa shape index (κ2) is 9.14. The summed E-state index contributed by atoms with van der Waals surface area (Å²) in [7, 11) is 0. The summed E-state index contributed by atoms with van der Waals surface area (Å²) in [5.41, 5.74) is 4.08. The van der Waals surface area contributed by atoms with Crippen LogP contribution in [0, 0.1) is 6.92 Å². The second-order valence-corrected chi connectivity index (χ2v) is 5.92. The molecule has 3 rings (SSSR count). The van der Waals surface area contributed by atoms with Gasteiger partial charge in [-0.2, -0.15) is 5.10 Å². The van der Waals surface area contributed by atoms with Gasteiger partial charge in [0.05, 0.1) is 12.5 Å². The largest absolute Gasteiger partial charge is 0.457 e. The normalized spacial score (nSPS) is 10.5. The van der Waals surface area contributed by atoms with Crippen molar-refractivity contribution in [2.45, 2.75) is 6.92 Å². The van der Waals surface area contributed by atoms with Gasteiger partial charge in [0.25, 0.3) is 0 Å². The third kappa shape index (κ3) is 5.39. The average Bonchev–Trinajstić information content (AvgIpc) is 3.26. The molecule has 2 amide bonds. The highest BCUT2D eigenvalue weighted by Crippen LogP contribution is 2.17.